The molecule has 2 unspecified atom stereocenters. The molecule has 90 valence electrons. The maximum Gasteiger partial charge on any atom is 0.408 e. The lowest BCUT2D eigenvalue weighted by Crippen LogP contribution is -2.39. The van der Waals surface area contributed by atoms with Crippen LogP contribution in [0, 0.1) is 0 Å². The molecule has 0 aromatic heterocycles. The van der Waals surface area contributed by atoms with Crippen molar-refractivity contribution in [2.75, 3.05) is 6.54 Å². The van der Waals surface area contributed by atoms with Gasteiger partial charge >= 0.3 is 12.1 Å². The van der Waals surface area contributed by atoms with Gasteiger partial charge in [0.1, 0.15) is 6.04 Å². The minimum absolute atomic E-state index is 0.0339. The second-order valence-electron chi connectivity index (χ2n) is 4.13. The van der Waals surface area contributed by atoms with E-state index in [1.807, 2.05) is 30.3 Å². The summed E-state index contributed by atoms with van der Waals surface area (Å²) < 4.78 is 0. The number of carbonyl (C=O) groups is 2. The highest BCUT2D eigenvalue weighted by Crippen LogP contribution is 2.31. The molecule has 0 aliphatic carbocycles. The molecule has 2 N–H and O–H groups in total. The van der Waals surface area contributed by atoms with Crippen molar-refractivity contribution in [2.24, 2.45) is 0 Å². The van der Waals surface area contributed by atoms with Gasteiger partial charge in [-0.05, 0) is 12.0 Å². The van der Waals surface area contributed by atoms with Crippen LogP contribution in [-0.4, -0.2) is 39.8 Å². The number of carboxylic acids is 1. The average molecular weight is 235 g/mol. The van der Waals surface area contributed by atoms with E-state index in [0.29, 0.717) is 6.42 Å². The SMILES string of the molecule is O=C(O)C1CC(c2ccccc2)CN1C(=O)O. The lowest BCUT2D eigenvalue weighted by Gasteiger charge is -2.16. The van der Waals surface area contributed by atoms with E-state index in [-0.39, 0.29) is 12.5 Å². The van der Waals surface area contributed by atoms with Crippen LogP contribution in [0.25, 0.3) is 0 Å². The minimum atomic E-state index is -1.17. The number of aliphatic carboxylic acids is 1. The second kappa shape index (κ2) is 4.45. The van der Waals surface area contributed by atoms with Gasteiger partial charge in [0.05, 0.1) is 0 Å². The molecular formula is C12H13NO4. The van der Waals surface area contributed by atoms with Crippen LogP contribution in [0.3, 0.4) is 0 Å². The summed E-state index contributed by atoms with van der Waals surface area (Å²) in [5.41, 5.74) is 0.988. The van der Waals surface area contributed by atoms with Crippen molar-refractivity contribution in [3.63, 3.8) is 0 Å². The number of carboxylic acid groups (broad SMARTS) is 2. The zero-order valence-electron chi connectivity index (χ0n) is 9.11. The van der Waals surface area contributed by atoms with E-state index in [4.69, 9.17) is 10.2 Å². The molecule has 1 aliphatic heterocycles. The monoisotopic (exact) mass is 235 g/mol. The topological polar surface area (TPSA) is 77.8 Å². The van der Waals surface area contributed by atoms with Crippen LogP contribution in [0.1, 0.15) is 17.9 Å². The van der Waals surface area contributed by atoms with Crippen molar-refractivity contribution in [1.29, 1.82) is 0 Å². The van der Waals surface area contributed by atoms with Crippen LogP contribution in [-0.2, 0) is 4.79 Å². The van der Waals surface area contributed by atoms with Crippen molar-refractivity contribution in [2.45, 2.75) is 18.4 Å². The third kappa shape index (κ3) is 2.22. The smallest absolute Gasteiger partial charge is 0.408 e. The second-order valence-corrected chi connectivity index (χ2v) is 4.13. The number of hydrogen-bond donors (Lipinski definition) is 2. The molecule has 1 amide bonds. The first-order chi connectivity index (χ1) is 8.09. The Morgan fingerprint density at radius 1 is 1.18 bits per heavy atom. The predicted molar refractivity (Wildman–Crippen MR) is 60.0 cm³/mol. The normalized spacial score (nSPS) is 23.6. The standard InChI is InChI=1S/C12H13NO4/c14-11(15)10-6-9(7-13(10)12(16)17)8-4-2-1-3-5-8/h1-5,9-10H,6-7H2,(H,14,15)(H,16,17). The fourth-order valence-corrected chi connectivity index (χ4v) is 2.25. The van der Waals surface area contributed by atoms with Gasteiger partial charge in [-0.3, -0.25) is 4.90 Å². The van der Waals surface area contributed by atoms with Gasteiger partial charge in [0.2, 0.25) is 0 Å². The molecule has 5 heteroatoms. The Morgan fingerprint density at radius 3 is 2.29 bits per heavy atom. The molecule has 2 atom stereocenters. The summed E-state index contributed by atoms with van der Waals surface area (Å²) in [7, 11) is 0. The molecule has 0 saturated carbocycles. The lowest BCUT2D eigenvalue weighted by atomic mass is 9.96. The Balaban J connectivity index is 2.20. The van der Waals surface area contributed by atoms with E-state index in [9.17, 15) is 9.59 Å². The van der Waals surface area contributed by atoms with Crippen LogP contribution < -0.4 is 0 Å². The fraction of sp³-hybridized carbons (Fsp3) is 0.333. The molecule has 0 bridgehead atoms. The highest BCUT2D eigenvalue weighted by atomic mass is 16.4. The van der Waals surface area contributed by atoms with Crippen molar-refractivity contribution >= 4 is 12.1 Å². The van der Waals surface area contributed by atoms with Gasteiger partial charge < -0.3 is 10.2 Å². The Hall–Kier alpha value is -2.04. The van der Waals surface area contributed by atoms with E-state index >= 15 is 0 Å². The third-order valence-corrected chi connectivity index (χ3v) is 3.10. The molecule has 1 saturated heterocycles. The summed E-state index contributed by atoms with van der Waals surface area (Å²) in [4.78, 5) is 22.9. The van der Waals surface area contributed by atoms with Crippen LogP contribution in [0.2, 0.25) is 0 Å². The van der Waals surface area contributed by atoms with Crippen LogP contribution in [0.15, 0.2) is 30.3 Å². The van der Waals surface area contributed by atoms with Gasteiger partial charge in [0.25, 0.3) is 0 Å². The molecule has 0 radical (unpaired) electrons. The Kier molecular flexibility index (Phi) is 2.99. The highest BCUT2D eigenvalue weighted by Gasteiger charge is 2.40. The van der Waals surface area contributed by atoms with Gasteiger partial charge in [-0.1, -0.05) is 30.3 Å². The highest BCUT2D eigenvalue weighted by molar-refractivity contribution is 5.80. The molecule has 17 heavy (non-hydrogen) atoms. The summed E-state index contributed by atoms with van der Waals surface area (Å²) in [6.07, 6.45) is -0.832. The number of nitrogens with zero attached hydrogens (tertiary/aromatic N) is 1. The number of amides is 1. The lowest BCUT2D eigenvalue weighted by molar-refractivity contribution is -0.141. The van der Waals surface area contributed by atoms with Crippen molar-refractivity contribution < 1.29 is 19.8 Å². The molecule has 1 aromatic rings. The molecule has 1 aromatic carbocycles. The molecule has 5 nitrogen and oxygen atoms in total. The van der Waals surface area contributed by atoms with E-state index in [1.54, 1.807) is 0 Å². The molecule has 1 fully saturated rings. The van der Waals surface area contributed by atoms with Crippen molar-refractivity contribution in [3.05, 3.63) is 35.9 Å². The number of benzene rings is 1. The number of hydrogen-bond acceptors (Lipinski definition) is 2. The third-order valence-electron chi connectivity index (χ3n) is 3.10. The van der Waals surface area contributed by atoms with Gasteiger partial charge in [-0.25, -0.2) is 9.59 Å². The largest absolute Gasteiger partial charge is 0.480 e. The predicted octanol–water partition coefficient (Wildman–Crippen LogP) is 1.61. The van der Waals surface area contributed by atoms with Crippen molar-refractivity contribution in [1.82, 2.24) is 4.90 Å². The average Bonchev–Trinajstić information content (AvgIpc) is 2.75. The van der Waals surface area contributed by atoms with Crippen LogP contribution >= 0.6 is 0 Å². The zero-order valence-corrected chi connectivity index (χ0v) is 9.11. The van der Waals surface area contributed by atoms with Gasteiger partial charge in [0.15, 0.2) is 0 Å². The molecular weight excluding hydrogens is 222 g/mol. The molecule has 0 spiro atoms. The Morgan fingerprint density at radius 2 is 1.82 bits per heavy atom. The summed E-state index contributed by atoms with van der Waals surface area (Å²) in [6.45, 7) is 0.246. The quantitative estimate of drug-likeness (QED) is 0.816. The molecule has 1 aliphatic rings. The van der Waals surface area contributed by atoms with E-state index in [1.165, 1.54) is 0 Å². The van der Waals surface area contributed by atoms with Gasteiger partial charge in [0, 0.05) is 12.5 Å². The first kappa shape index (κ1) is 11.4. The van der Waals surface area contributed by atoms with E-state index in [2.05, 4.69) is 0 Å². The number of likely N-dealkylation sites (tertiary alicyclic amines) is 1. The van der Waals surface area contributed by atoms with E-state index in [0.717, 1.165) is 10.5 Å². The summed E-state index contributed by atoms with van der Waals surface area (Å²) in [6, 6.07) is 8.48. The zero-order chi connectivity index (χ0) is 12.4. The summed E-state index contributed by atoms with van der Waals surface area (Å²) >= 11 is 0. The molecule has 1 heterocycles. The van der Waals surface area contributed by atoms with Crippen LogP contribution in [0.4, 0.5) is 4.79 Å². The maximum atomic E-state index is 11.0. The van der Waals surface area contributed by atoms with E-state index < -0.39 is 18.1 Å². The number of rotatable bonds is 2. The Bertz CT molecular complexity index is 409. The van der Waals surface area contributed by atoms with Crippen LogP contribution in [0.5, 0.6) is 0 Å². The van der Waals surface area contributed by atoms with Gasteiger partial charge in [-0.2, -0.15) is 0 Å². The van der Waals surface area contributed by atoms with Gasteiger partial charge in [-0.15, -0.1) is 0 Å². The fourth-order valence-electron chi connectivity index (χ4n) is 2.25. The first-order valence-electron chi connectivity index (χ1n) is 5.37. The summed E-state index contributed by atoms with van der Waals surface area (Å²) in [5, 5.41) is 18.0. The summed E-state index contributed by atoms with van der Waals surface area (Å²) in [5.74, 6) is -1.11. The first-order valence-corrected chi connectivity index (χ1v) is 5.37. The minimum Gasteiger partial charge on any atom is -0.480 e. The van der Waals surface area contributed by atoms with Crippen molar-refractivity contribution in [3.8, 4) is 0 Å². The Labute approximate surface area is 98.3 Å². The molecule has 2 rings (SSSR count). The maximum absolute atomic E-state index is 11.0.